The summed E-state index contributed by atoms with van der Waals surface area (Å²) in [5, 5.41) is 7.12. The molecule has 3 heteroatoms. The fourth-order valence-electron chi connectivity index (χ4n) is 4.10. The lowest BCUT2D eigenvalue weighted by molar-refractivity contribution is 0.104. The third-order valence-electron chi connectivity index (χ3n) is 5.84. The second kappa shape index (κ2) is 9.49. The number of carbonyl (C=O) groups excluding carboxylic acids is 1. The zero-order valence-corrected chi connectivity index (χ0v) is 18.2. The molecule has 1 aliphatic heterocycles. The SMILES string of the molecule is O=C(C=Cc1ccc(N2N=C(c3ccccc3)CC2c2ccccc2)cc1)c1ccccc1. The zero-order valence-electron chi connectivity index (χ0n) is 18.2. The molecular formula is C30H24N2O. The lowest BCUT2D eigenvalue weighted by Crippen LogP contribution is -2.18. The predicted molar refractivity (Wildman–Crippen MR) is 136 cm³/mol. The summed E-state index contributed by atoms with van der Waals surface area (Å²) in [5.41, 5.74) is 6.18. The Labute approximate surface area is 194 Å². The maximum Gasteiger partial charge on any atom is 0.185 e. The van der Waals surface area contributed by atoms with Crippen LogP contribution in [-0.2, 0) is 0 Å². The minimum atomic E-state index is 0.000430. The van der Waals surface area contributed by atoms with Gasteiger partial charge in [0.25, 0.3) is 0 Å². The zero-order chi connectivity index (χ0) is 22.5. The number of nitrogens with zero attached hydrogens (tertiary/aromatic N) is 2. The standard InChI is InChI=1S/C30H24N2O/c33-30(26-14-8-3-9-15-26)21-18-23-16-19-27(20-17-23)32-29(25-12-6-2-7-13-25)22-28(31-32)24-10-4-1-5-11-24/h1-21,29H,22H2. The van der Waals surface area contributed by atoms with E-state index in [9.17, 15) is 4.79 Å². The number of carbonyl (C=O) groups is 1. The highest BCUT2D eigenvalue weighted by atomic mass is 16.1. The van der Waals surface area contributed by atoms with Gasteiger partial charge in [0, 0.05) is 12.0 Å². The van der Waals surface area contributed by atoms with E-state index < -0.39 is 0 Å². The second-order valence-electron chi connectivity index (χ2n) is 8.04. The maximum absolute atomic E-state index is 12.4. The van der Waals surface area contributed by atoms with Crippen LogP contribution in [0.25, 0.3) is 6.08 Å². The third-order valence-corrected chi connectivity index (χ3v) is 5.84. The van der Waals surface area contributed by atoms with Crippen LogP contribution in [-0.4, -0.2) is 11.5 Å². The Hall–Kier alpha value is -4.24. The van der Waals surface area contributed by atoms with Gasteiger partial charge in [-0.1, -0.05) is 109 Å². The Morgan fingerprint density at radius 2 is 1.36 bits per heavy atom. The number of allylic oxidation sites excluding steroid dienone is 1. The van der Waals surface area contributed by atoms with Gasteiger partial charge < -0.3 is 0 Å². The molecular weight excluding hydrogens is 404 g/mol. The summed E-state index contributed by atoms with van der Waals surface area (Å²) in [5.74, 6) is 0.000430. The van der Waals surface area contributed by atoms with Gasteiger partial charge in [-0.3, -0.25) is 9.80 Å². The van der Waals surface area contributed by atoms with Crippen LogP contribution in [0.15, 0.2) is 126 Å². The first-order valence-electron chi connectivity index (χ1n) is 11.1. The van der Waals surface area contributed by atoms with Crippen molar-refractivity contribution >= 4 is 23.3 Å². The van der Waals surface area contributed by atoms with Gasteiger partial charge in [0.05, 0.1) is 17.4 Å². The van der Waals surface area contributed by atoms with Gasteiger partial charge >= 0.3 is 0 Å². The highest BCUT2D eigenvalue weighted by Gasteiger charge is 2.29. The quantitative estimate of drug-likeness (QED) is 0.246. The number of ketones is 1. The Kier molecular flexibility index (Phi) is 5.94. The van der Waals surface area contributed by atoms with Crippen LogP contribution in [0, 0.1) is 0 Å². The Morgan fingerprint density at radius 1 is 0.758 bits per heavy atom. The van der Waals surface area contributed by atoms with Crippen LogP contribution < -0.4 is 5.01 Å². The van der Waals surface area contributed by atoms with E-state index in [2.05, 4.69) is 65.7 Å². The fourth-order valence-corrected chi connectivity index (χ4v) is 4.10. The maximum atomic E-state index is 12.4. The molecule has 1 aliphatic rings. The lowest BCUT2D eigenvalue weighted by Gasteiger charge is -2.24. The molecule has 0 spiro atoms. The number of benzene rings is 4. The molecule has 4 aromatic rings. The molecule has 0 amide bonds. The van der Waals surface area contributed by atoms with E-state index >= 15 is 0 Å². The van der Waals surface area contributed by atoms with Crippen molar-refractivity contribution in [3.05, 3.63) is 144 Å². The van der Waals surface area contributed by atoms with Crippen LogP contribution in [0.5, 0.6) is 0 Å². The van der Waals surface area contributed by atoms with Gasteiger partial charge in [0.15, 0.2) is 5.78 Å². The van der Waals surface area contributed by atoms with Crippen molar-refractivity contribution in [3.63, 3.8) is 0 Å². The number of hydrazone groups is 1. The van der Waals surface area contributed by atoms with Gasteiger partial charge in [-0.05, 0) is 34.9 Å². The molecule has 0 saturated heterocycles. The third kappa shape index (κ3) is 4.68. The van der Waals surface area contributed by atoms with Crippen LogP contribution in [0.4, 0.5) is 5.69 Å². The monoisotopic (exact) mass is 428 g/mol. The Balaban J connectivity index is 1.40. The molecule has 33 heavy (non-hydrogen) atoms. The Morgan fingerprint density at radius 3 is 2.03 bits per heavy atom. The summed E-state index contributed by atoms with van der Waals surface area (Å²) in [6, 6.07) is 38.5. The molecule has 160 valence electrons. The number of rotatable bonds is 6. The molecule has 0 radical (unpaired) electrons. The molecule has 0 N–H and O–H groups in total. The predicted octanol–water partition coefficient (Wildman–Crippen LogP) is 6.94. The summed E-state index contributed by atoms with van der Waals surface area (Å²) in [6.07, 6.45) is 4.33. The van der Waals surface area contributed by atoms with E-state index in [1.807, 2.05) is 60.7 Å². The van der Waals surface area contributed by atoms with Crippen molar-refractivity contribution < 1.29 is 4.79 Å². The van der Waals surface area contributed by atoms with E-state index in [0.29, 0.717) is 5.56 Å². The van der Waals surface area contributed by atoms with Crippen molar-refractivity contribution in [2.75, 3.05) is 5.01 Å². The number of anilines is 1. The first-order valence-corrected chi connectivity index (χ1v) is 11.1. The second-order valence-corrected chi connectivity index (χ2v) is 8.04. The van der Waals surface area contributed by atoms with Gasteiger partial charge in [-0.15, -0.1) is 0 Å². The van der Waals surface area contributed by atoms with E-state index in [1.165, 1.54) is 5.56 Å². The topological polar surface area (TPSA) is 32.7 Å². The van der Waals surface area contributed by atoms with E-state index in [4.69, 9.17) is 5.10 Å². The van der Waals surface area contributed by atoms with Crippen LogP contribution in [0.1, 0.15) is 39.5 Å². The molecule has 0 fully saturated rings. The molecule has 0 saturated carbocycles. The summed E-state index contributed by atoms with van der Waals surface area (Å²) < 4.78 is 0. The molecule has 1 unspecified atom stereocenters. The molecule has 4 aromatic carbocycles. The average Bonchev–Trinajstić information content (AvgIpc) is 3.35. The number of hydrogen-bond acceptors (Lipinski definition) is 3. The first kappa shape index (κ1) is 20.7. The highest BCUT2D eigenvalue weighted by molar-refractivity contribution is 6.06. The van der Waals surface area contributed by atoms with Gasteiger partial charge in [0.2, 0.25) is 0 Å². The molecule has 1 heterocycles. The van der Waals surface area contributed by atoms with Crippen molar-refractivity contribution in [2.45, 2.75) is 12.5 Å². The van der Waals surface area contributed by atoms with Gasteiger partial charge in [-0.2, -0.15) is 5.10 Å². The van der Waals surface area contributed by atoms with E-state index in [0.717, 1.165) is 28.9 Å². The molecule has 0 aromatic heterocycles. The summed E-state index contributed by atoms with van der Waals surface area (Å²) in [6.45, 7) is 0. The number of hydrogen-bond donors (Lipinski definition) is 0. The lowest BCUT2D eigenvalue weighted by atomic mass is 9.98. The van der Waals surface area contributed by atoms with Crippen molar-refractivity contribution in [1.82, 2.24) is 0 Å². The van der Waals surface area contributed by atoms with Crippen LogP contribution in [0.3, 0.4) is 0 Å². The summed E-state index contributed by atoms with van der Waals surface area (Å²) >= 11 is 0. The summed E-state index contributed by atoms with van der Waals surface area (Å²) in [4.78, 5) is 12.4. The van der Waals surface area contributed by atoms with Gasteiger partial charge in [-0.25, -0.2) is 0 Å². The molecule has 0 bridgehead atoms. The first-order chi connectivity index (χ1) is 16.3. The van der Waals surface area contributed by atoms with Crippen molar-refractivity contribution in [1.29, 1.82) is 0 Å². The van der Waals surface area contributed by atoms with E-state index in [1.54, 1.807) is 6.08 Å². The van der Waals surface area contributed by atoms with Crippen LogP contribution in [0.2, 0.25) is 0 Å². The largest absolute Gasteiger partial charge is 0.289 e. The molecule has 5 rings (SSSR count). The fraction of sp³-hybridized carbons (Fsp3) is 0.0667. The highest BCUT2D eigenvalue weighted by Crippen LogP contribution is 2.36. The smallest absolute Gasteiger partial charge is 0.185 e. The van der Waals surface area contributed by atoms with Crippen LogP contribution >= 0.6 is 0 Å². The van der Waals surface area contributed by atoms with E-state index in [-0.39, 0.29) is 11.8 Å². The molecule has 0 aliphatic carbocycles. The summed E-state index contributed by atoms with van der Waals surface area (Å²) in [7, 11) is 0. The van der Waals surface area contributed by atoms with Crippen molar-refractivity contribution in [3.8, 4) is 0 Å². The minimum Gasteiger partial charge on any atom is -0.289 e. The normalized spacial score (nSPS) is 15.6. The van der Waals surface area contributed by atoms with Crippen molar-refractivity contribution in [2.24, 2.45) is 5.10 Å². The molecule has 1 atom stereocenters. The van der Waals surface area contributed by atoms with Gasteiger partial charge in [0.1, 0.15) is 0 Å². The minimum absolute atomic E-state index is 0.000430. The molecule has 3 nitrogen and oxygen atoms in total. The Bertz CT molecular complexity index is 1280. The average molecular weight is 429 g/mol.